The number of phosphoric acid groups is 1. The number of likely N-dealkylation sites (N-methyl/N-ethyl adjacent to an activating group) is 1. The SMILES string of the molecule is CCCCC/C=C\C/C=C\C/C=C\CCCCCCCCCCCCCCCCC(=O)OC(/C=C/CCCCCCCCCCCCC)C(COP(=O)([O-])OCC[N+](C)(C)C)NC(=O)CCCCCCCCCCCCCCCCC/C=C\C/C=C\CCCCC. The quantitative estimate of drug-likeness (QED) is 0.0212. The molecule has 0 saturated carbocycles. The van der Waals surface area contributed by atoms with Gasteiger partial charge in [0.15, 0.2) is 0 Å². The maximum atomic E-state index is 13.7. The summed E-state index contributed by atoms with van der Waals surface area (Å²) in [6.07, 6.45) is 93.2. The zero-order valence-corrected chi connectivity index (χ0v) is 61.9. The molecule has 3 atom stereocenters. The number of unbranched alkanes of at least 4 members (excludes halogenated alkanes) is 46. The molecule has 0 aliphatic heterocycles. The molecule has 10 heteroatoms. The van der Waals surface area contributed by atoms with Crippen molar-refractivity contribution >= 4 is 19.7 Å². The topological polar surface area (TPSA) is 114 Å². The van der Waals surface area contributed by atoms with Crippen molar-refractivity contribution in [1.29, 1.82) is 0 Å². The van der Waals surface area contributed by atoms with Crippen LogP contribution in [0.25, 0.3) is 0 Å². The fraction of sp³-hybridized carbons (Fsp3) is 0.827. The summed E-state index contributed by atoms with van der Waals surface area (Å²) in [6.45, 7) is 6.85. The second-order valence-electron chi connectivity index (χ2n) is 27.9. The molecule has 0 fully saturated rings. The molecule has 91 heavy (non-hydrogen) atoms. The van der Waals surface area contributed by atoms with Gasteiger partial charge in [0.25, 0.3) is 7.82 Å². The average Bonchev–Trinajstić information content (AvgIpc) is 3.73. The summed E-state index contributed by atoms with van der Waals surface area (Å²) in [5.41, 5.74) is 0. The Bertz CT molecular complexity index is 1780. The van der Waals surface area contributed by atoms with Gasteiger partial charge in [0, 0.05) is 12.8 Å². The van der Waals surface area contributed by atoms with E-state index in [1.54, 1.807) is 0 Å². The molecule has 532 valence electrons. The van der Waals surface area contributed by atoms with E-state index in [1.807, 2.05) is 33.3 Å². The third kappa shape index (κ3) is 71.6. The van der Waals surface area contributed by atoms with Gasteiger partial charge in [-0.1, -0.05) is 338 Å². The van der Waals surface area contributed by atoms with Crippen molar-refractivity contribution in [1.82, 2.24) is 5.32 Å². The van der Waals surface area contributed by atoms with Crippen LogP contribution in [0.15, 0.2) is 72.9 Å². The van der Waals surface area contributed by atoms with Crippen LogP contribution in [0.3, 0.4) is 0 Å². The standard InChI is InChI=1S/C81H151N2O7P/c1-7-10-13-16-19-22-25-28-30-32-34-36-38-40-41-43-45-47-49-51-53-56-59-62-65-68-71-74-81(85)90-79(72-69-66-63-60-57-54-27-24-21-18-15-12-9-3)78(77-89-91(86,87)88-76-75-83(4,5)6)82-80(84)73-70-67-64-61-58-55-52-50-48-46-44-42-39-37-35-33-31-29-26-23-20-17-14-11-8-2/h19-20,22-23,28-31,34,36,69,72,78-79H,7-18,21,24-27,32-33,35,37-68,70-71,73-77H2,1-6H3,(H-,82,84,86,87)/b22-19-,23-20-,30-28-,31-29-,36-34-,72-69+. The van der Waals surface area contributed by atoms with E-state index in [9.17, 15) is 19.0 Å². The molecule has 0 aromatic carbocycles. The van der Waals surface area contributed by atoms with Crippen molar-refractivity contribution in [2.45, 2.75) is 392 Å². The van der Waals surface area contributed by atoms with E-state index in [4.69, 9.17) is 13.8 Å². The Kier molecular flexibility index (Phi) is 68.3. The third-order valence-corrected chi connectivity index (χ3v) is 18.6. The number of quaternary nitrogens is 1. The smallest absolute Gasteiger partial charge is 0.306 e. The first-order valence-corrected chi connectivity index (χ1v) is 40.7. The first-order chi connectivity index (χ1) is 44.4. The molecule has 3 unspecified atom stereocenters. The van der Waals surface area contributed by atoms with Crippen LogP contribution in [0, 0.1) is 0 Å². The molecule has 0 aliphatic carbocycles. The second-order valence-corrected chi connectivity index (χ2v) is 29.3. The number of hydrogen-bond acceptors (Lipinski definition) is 7. The van der Waals surface area contributed by atoms with Crippen LogP contribution in [0.5, 0.6) is 0 Å². The maximum absolute atomic E-state index is 13.7. The average molecular weight is 1300 g/mol. The Morgan fingerprint density at radius 3 is 1.02 bits per heavy atom. The maximum Gasteiger partial charge on any atom is 0.306 e. The second kappa shape index (κ2) is 70.3. The molecule has 0 spiro atoms. The molecule has 0 aliphatic rings. The van der Waals surface area contributed by atoms with Gasteiger partial charge in [-0.15, -0.1) is 0 Å². The van der Waals surface area contributed by atoms with E-state index in [1.165, 1.54) is 270 Å². The molecule has 0 saturated heterocycles. The zero-order chi connectivity index (χ0) is 66.3. The van der Waals surface area contributed by atoms with E-state index in [0.717, 1.165) is 77.0 Å². The van der Waals surface area contributed by atoms with Crippen molar-refractivity contribution in [3.8, 4) is 0 Å². The van der Waals surface area contributed by atoms with E-state index < -0.39 is 20.0 Å². The van der Waals surface area contributed by atoms with Crippen molar-refractivity contribution in [2.75, 3.05) is 40.9 Å². The fourth-order valence-electron chi connectivity index (χ4n) is 11.6. The molecule has 1 amide bonds. The molecule has 0 rings (SSSR count). The Morgan fingerprint density at radius 1 is 0.385 bits per heavy atom. The number of carbonyl (C=O) groups excluding carboxylic acids is 2. The van der Waals surface area contributed by atoms with Gasteiger partial charge in [-0.3, -0.25) is 14.2 Å². The van der Waals surface area contributed by atoms with Crippen molar-refractivity contribution < 1.29 is 37.3 Å². The van der Waals surface area contributed by atoms with Gasteiger partial charge >= 0.3 is 5.97 Å². The molecule has 0 bridgehead atoms. The van der Waals surface area contributed by atoms with Crippen LogP contribution in [0.2, 0.25) is 0 Å². The summed E-state index contributed by atoms with van der Waals surface area (Å²) < 4.78 is 30.6. The first-order valence-electron chi connectivity index (χ1n) is 39.2. The van der Waals surface area contributed by atoms with Gasteiger partial charge in [0.2, 0.25) is 5.91 Å². The van der Waals surface area contributed by atoms with Gasteiger partial charge in [-0.2, -0.15) is 0 Å². The van der Waals surface area contributed by atoms with Gasteiger partial charge < -0.3 is 28.5 Å². The summed E-state index contributed by atoms with van der Waals surface area (Å²) in [5, 5.41) is 3.06. The minimum Gasteiger partial charge on any atom is -0.756 e. The molecule has 0 radical (unpaired) electrons. The number of amides is 1. The number of ether oxygens (including phenoxy) is 1. The van der Waals surface area contributed by atoms with E-state index >= 15 is 0 Å². The van der Waals surface area contributed by atoms with Gasteiger partial charge in [0.05, 0.1) is 33.8 Å². The number of allylic oxidation sites excluding steroid dienone is 11. The summed E-state index contributed by atoms with van der Waals surface area (Å²) in [7, 11) is 1.20. The van der Waals surface area contributed by atoms with Gasteiger partial charge in [-0.05, 0) is 102 Å². The minimum absolute atomic E-state index is 0.0222. The molecular weight excluding hydrogens is 1140 g/mol. The van der Waals surface area contributed by atoms with Crippen molar-refractivity contribution in [3.63, 3.8) is 0 Å². The molecule has 0 aromatic rings. The summed E-state index contributed by atoms with van der Waals surface area (Å²) in [6, 6.07) is -0.891. The highest BCUT2D eigenvalue weighted by Gasteiger charge is 2.27. The number of hydrogen-bond donors (Lipinski definition) is 1. The molecule has 0 heterocycles. The van der Waals surface area contributed by atoms with E-state index in [2.05, 4.69) is 86.8 Å². The number of rotatable bonds is 72. The predicted octanol–water partition coefficient (Wildman–Crippen LogP) is 24.8. The molecular formula is C81H151N2O7P. The lowest BCUT2D eigenvalue weighted by Gasteiger charge is -2.30. The summed E-state index contributed by atoms with van der Waals surface area (Å²) in [5.74, 6) is -0.526. The van der Waals surface area contributed by atoms with Crippen molar-refractivity contribution in [2.24, 2.45) is 0 Å². The monoisotopic (exact) mass is 1300 g/mol. The number of esters is 1. The lowest BCUT2D eigenvalue weighted by atomic mass is 10.0. The third-order valence-electron chi connectivity index (χ3n) is 17.6. The highest BCUT2D eigenvalue weighted by Crippen LogP contribution is 2.38. The Labute approximate surface area is 565 Å². The van der Waals surface area contributed by atoms with Crippen LogP contribution >= 0.6 is 7.82 Å². The highest BCUT2D eigenvalue weighted by atomic mass is 31.2. The van der Waals surface area contributed by atoms with Crippen molar-refractivity contribution in [3.05, 3.63) is 72.9 Å². The van der Waals surface area contributed by atoms with Gasteiger partial charge in [0.1, 0.15) is 19.3 Å². The van der Waals surface area contributed by atoms with Crippen LogP contribution < -0.4 is 10.2 Å². The largest absolute Gasteiger partial charge is 0.756 e. The van der Waals surface area contributed by atoms with Crippen LogP contribution in [-0.2, 0) is 27.9 Å². The van der Waals surface area contributed by atoms with E-state index in [-0.39, 0.29) is 31.5 Å². The number of phosphoric ester groups is 1. The predicted molar refractivity (Wildman–Crippen MR) is 395 cm³/mol. The Morgan fingerprint density at radius 2 is 0.670 bits per heavy atom. The van der Waals surface area contributed by atoms with Crippen LogP contribution in [0.1, 0.15) is 380 Å². The summed E-state index contributed by atoms with van der Waals surface area (Å²) in [4.78, 5) is 40.3. The summed E-state index contributed by atoms with van der Waals surface area (Å²) >= 11 is 0. The molecule has 9 nitrogen and oxygen atoms in total. The van der Waals surface area contributed by atoms with Crippen LogP contribution in [0.4, 0.5) is 0 Å². The lowest BCUT2D eigenvalue weighted by molar-refractivity contribution is -0.870. The fourth-order valence-corrected chi connectivity index (χ4v) is 12.3. The highest BCUT2D eigenvalue weighted by molar-refractivity contribution is 7.45. The molecule has 0 aromatic heterocycles. The Balaban J connectivity index is 4.97. The van der Waals surface area contributed by atoms with Gasteiger partial charge in [-0.25, -0.2) is 0 Å². The number of nitrogens with one attached hydrogen (secondary N) is 1. The normalized spacial score (nSPS) is 13.8. The minimum atomic E-state index is -4.71. The zero-order valence-electron chi connectivity index (χ0n) is 61.1. The lowest BCUT2D eigenvalue weighted by Crippen LogP contribution is -2.47. The molecule has 1 N–H and O–H groups in total. The first kappa shape index (κ1) is 88.5. The number of nitrogens with zero attached hydrogens (tertiary/aromatic N) is 1. The Hall–Kier alpha value is -2.55. The van der Waals surface area contributed by atoms with E-state index in [0.29, 0.717) is 17.4 Å². The number of carbonyl (C=O) groups is 2. The van der Waals surface area contributed by atoms with Crippen LogP contribution in [-0.4, -0.2) is 69.4 Å².